The molecule has 2 aliphatic rings. The predicted molar refractivity (Wildman–Crippen MR) is 112 cm³/mol. The summed E-state index contributed by atoms with van der Waals surface area (Å²) in [5, 5.41) is 4.14. The van der Waals surface area contributed by atoms with Crippen molar-refractivity contribution in [3.05, 3.63) is 84.2 Å². The van der Waals surface area contributed by atoms with Crippen molar-refractivity contribution in [1.82, 2.24) is 0 Å². The first-order valence-electron chi connectivity index (χ1n) is 9.23. The maximum atomic E-state index is 6.03. The second kappa shape index (κ2) is 7.60. The van der Waals surface area contributed by atoms with Crippen LogP contribution in [0.15, 0.2) is 89.2 Å². The van der Waals surface area contributed by atoms with Gasteiger partial charge in [0.1, 0.15) is 6.61 Å². The summed E-state index contributed by atoms with van der Waals surface area (Å²) in [5.41, 5.74) is 0. The van der Waals surface area contributed by atoms with Crippen molar-refractivity contribution in [2.75, 3.05) is 6.61 Å². The van der Waals surface area contributed by atoms with Crippen LogP contribution in [0.4, 0.5) is 0 Å². The van der Waals surface area contributed by atoms with Gasteiger partial charge in [0, 0.05) is 0 Å². The normalized spacial score (nSPS) is 21.8. The lowest BCUT2D eigenvalue weighted by Crippen LogP contribution is -2.20. The topological polar surface area (TPSA) is 21.6 Å². The Hall–Kier alpha value is -2.18. The molecule has 26 heavy (non-hydrogen) atoms. The highest BCUT2D eigenvalue weighted by Gasteiger charge is 2.34. The Bertz CT molecular complexity index is 800. The van der Waals surface area contributed by atoms with E-state index in [-0.39, 0.29) is 12.0 Å². The van der Waals surface area contributed by atoms with Crippen LogP contribution in [0.25, 0.3) is 0 Å². The minimum absolute atomic E-state index is 0.158. The van der Waals surface area contributed by atoms with E-state index in [4.69, 9.17) is 9.73 Å². The Morgan fingerprint density at radius 1 is 0.962 bits per heavy atom. The zero-order valence-corrected chi connectivity index (χ0v) is 16.1. The Morgan fingerprint density at radius 2 is 1.58 bits per heavy atom. The number of allylic oxidation sites excluding steroid dienone is 2. The molecule has 0 bridgehead atoms. The van der Waals surface area contributed by atoms with Crippen molar-refractivity contribution >= 4 is 24.4 Å². The van der Waals surface area contributed by atoms with E-state index in [1.54, 1.807) is 0 Å². The molecule has 1 aliphatic carbocycles. The molecule has 1 heterocycles. The van der Waals surface area contributed by atoms with Crippen LogP contribution in [-0.2, 0) is 4.74 Å². The van der Waals surface area contributed by atoms with Gasteiger partial charge < -0.3 is 4.74 Å². The number of ether oxygens (including phenoxy) is 1. The van der Waals surface area contributed by atoms with Crippen molar-refractivity contribution in [3.63, 3.8) is 0 Å². The lowest BCUT2D eigenvalue weighted by atomic mass is 10.1. The standard InChI is InChI=1S/C23H24NOP/c1-17(2)21-16-25-23(24-21)20-14-9-15-22(20)26(18-10-5-3-6-11-18)19-12-7-4-8-13-19/h3-15,17,20-21H,16H2,1-2H3/t20-,21-/m0/s1. The summed E-state index contributed by atoms with van der Waals surface area (Å²) in [6, 6.07) is 21.9. The van der Waals surface area contributed by atoms with Crippen LogP contribution in [-0.4, -0.2) is 18.5 Å². The molecule has 2 nitrogen and oxygen atoms in total. The first-order chi connectivity index (χ1) is 12.7. The second-order valence-electron chi connectivity index (χ2n) is 7.05. The van der Waals surface area contributed by atoms with Gasteiger partial charge in [0.25, 0.3) is 0 Å². The highest BCUT2D eigenvalue weighted by molar-refractivity contribution is 7.76. The summed E-state index contributed by atoms with van der Waals surface area (Å²) >= 11 is 0. The zero-order chi connectivity index (χ0) is 17.9. The molecule has 3 heteroatoms. The number of rotatable bonds is 5. The van der Waals surface area contributed by atoms with E-state index in [2.05, 4.69) is 92.7 Å². The number of benzene rings is 2. The van der Waals surface area contributed by atoms with Gasteiger partial charge in [0.2, 0.25) is 0 Å². The van der Waals surface area contributed by atoms with E-state index < -0.39 is 7.92 Å². The third-order valence-corrected chi connectivity index (χ3v) is 7.48. The SMILES string of the molecule is CC(C)[C@@H]1COC([C@H]2C=CC=C2P(c2ccccc2)c2ccccc2)=N1. The Balaban J connectivity index is 1.71. The van der Waals surface area contributed by atoms with Crippen molar-refractivity contribution in [2.45, 2.75) is 19.9 Å². The van der Waals surface area contributed by atoms with Crippen LogP contribution < -0.4 is 10.6 Å². The van der Waals surface area contributed by atoms with E-state index in [1.165, 1.54) is 15.9 Å². The maximum Gasteiger partial charge on any atom is 0.195 e. The molecule has 2 atom stereocenters. The van der Waals surface area contributed by atoms with Gasteiger partial charge in [-0.2, -0.15) is 0 Å². The van der Waals surface area contributed by atoms with Gasteiger partial charge >= 0.3 is 0 Å². The van der Waals surface area contributed by atoms with Gasteiger partial charge in [0.15, 0.2) is 5.90 Å². The zero-order valence-electron chi connectivity index (χ0n) is 15.2. The second-order valence-corrected chi connectivity index (χ2v) is 9.27. The molecule has 0 amide bonds. The van der Waals surface area contributed by atoms with Crippen molar-refractivity contribution in [2.24, 2.45) is 16.8 Å². The smallest absolute Gasteiger partial charge is 0.195 e. The first kappa shape index (κ1) is 17.2. The molecule has 4 rings (SSSR count). The summed E-state index contributed by atoms with van der Waals surface area (Å²) in [7, 11) is -0.599. The van der Waals surface area contributed by atoms with Crippen LogP contribution >= 0.6 is 7.92 Å². The predicted octanol–water partition coefficient (Wildman–Crippen LogP) is 4.64. The maximum absolute atomic E-state index is 6.03. The fraction of sp³-hybridized carbons (Fsp3) is 0.261. The fourth-order valence-electron chi connectivity index (χ4n) is 3.41. The molecule has 0 spiro atoms. The molecule has 132 valence electrons. The number of nitrogens with zero attached hydrogens (tertiary/aromatic N) is 1. The Kier molecular flexibility index (Phi) is 5.04. The molecule has 0 aromatic heterocycles. The van der Waals surface area contributed by atoms with Gasteiger partial charge in [-0.1, -0.05) is 92.7 Å². The van der Waals surface area contributed by atoms with E-state index >= 15 is 0 Å². The average molecular weight is 361 g/mol. The fourth-order valence-corrected chi connectivity index (χ4v) is 5.96. The lowest BCUT2D eigenvalue weighted by molar-refractivity contribution is 0.284. The quantitative estimate of drug-likeness (QED) is 0.711. The molecule has 0 saturated carbocycles. The third kappa shape index (κ3) is 3.39. The summed E-state index contributed by atoms with van der Waals surface area (Å²) in [6.07, 6.45) is 6.67. The van der Waals surface area contributed by atoms with Crippen LogP contribution in [0.5, 0.6) is 0 Å². The van der Waals surface area contributed by atoms with Gasteiger partial charge in [0.05, 0.1) is 12.0 Å². The highest BCUT2D eigenvalue weighted by atomic mass is 31.1. The van der Waals surface area contributed by atoms with Crippen LogP contribution in [0.3, 0.4) is 0 Å². The molecule has 2 aromatic rings. The Labute approximate surface area is 157 Å². The van der Waals surface area contributed by atoms with E-state index in [0.717, 1.165) is 5.90 Å². The lowest BCUT2D eigenvalue weighted by Gasteiger charge is -2.24. The molecule has 0 N–H and O–H groups in total. The van der Waals surface area contributed by atoms with Gasteiger partial charge in [-0.15, -0.1) is 0 Å². The summed E-state index contributed by atoms with van der Waals surface area (Å²) in [4.78, 5) is 4.90. The van der Waals surface area contributed by atoms with Gasteiger partial charge in [-0.05, 0) is 29.8 Å². The molecular formula is C23H24NOP. The van der Waals surface area contributed by atoms with Crippen LogP contribution in [0, 0.1) is 11.8 Å². The molecular weight excluding hydrogens is 337 g/mol. The third-order valence-electron chi connectivity index (χ3n) is 4.91. The van der Waals surface area contributed by atoms with E-state index in [0.29, 0.717) is 12.5 Å². The van der Waals surface area contributed by atoms with Gasteiger partial charge in [-0.25, -0.2) is 4.99 Å². The van der Waals surface area contributed by atoms with Crippen molar-refractivity contribution in [3.8, 4) is 0 Å². The largest absolute Gasteiger partial charge is 0.478 e. The molecule has 0 unspecified atom stereocenters. The number of aliphatic imine (C=N–C) groups is 1. The molecule has 0 saturated heterocycles. The number of hydrogen-bond acceptors (Lipinski definition) is 2. The minimum atomic E-state index is -0.599. The van der Waals surface area contributed by atoms with E-state index in [1.807, 2.05) is 0 Å². The average Bonchev–Trinajstić information content (AvgIpc) is 3.33. The van der Waals surface area contributed by atoms with Crippen LogP contribution in [0.2, 0.25) is 0 Å². The van der Waals surface area contributed by atoms with Crippen LogP contribution in [0.1, 0.15) is 13.8 Å². The Morgan fingerprint density at radius 3 is 2.12 bits per heavy atom. The van der Waals surface area contributed by atoms with Crippen molar-refractivity contribution < 1.29 is 4.74 Å². The van der Waals surface area contributed by atoms with E-state index in [9.17, 15) is 0 Å². The molecule has 0 fully saturated rings. The molecule has 2 aromatic carbocycles. The summed E-state index contributed by atoms with van der Waals surface area (Å²) in [5.74, 6) is 1.56. The first-order valence-corrected chi connectivity index (χ1v) is 10.6. The highest BCUT2D eigenvalue weighted by Crippen LogP contribution is 2.49. The molecule has 1 aliphatic heterocycles. The molecule has 0 radical (unpaired) electrons. The van der Waals surface area contributed by atoms with Crippen molar-refractivity contribution in [1.29, 1.82) is 0 Å². The number of hydrogen-bond donors (Lipinski definition) is 0. The van der Waals surface area contributed by atoms with Gasteiger partial charge in [-0.3, -0.25) is 0 Å². The summed E-state index contributed by atoms with van der Waals surface area (Å²) < 4.78 is 6.03. The summed E-state index contributed by atoms with van der Waals surface area (Å²) in [6.45, 7) is 5.13. The minimum Gasteiger partial charge on any atom is -0.478 e. The monoisotopic (exact) mass is 361 g/mol.